The molecule has 1 saturated heterocycles. The maximum Gasteiger partial charge on any atom is 0.260 e. The molecule has 0 aromatic heterocycles. The van der Waals surface area contributed by atoms with E-state index < -0.39 is 0 Å². The van der Waals surface area contributed by atoms with Crippen molar-refractivity contribution in [3.05, 3.63) is 111 Å². The minimum Gasteiger partial charge on any atom is -0.487 e. The summed E-state index contributed by atoms with van der Waals surface area (Å²) in [4.78, 5) is 13.2. The highest BCUT2D eigenvalue weighted by Gasteiger charge is 2.27. The summed E-state index contributed by atoms with van der Waals surface area (Å²) < 4.78 is 20.7. The highest BCUT2D eigenvalue weighted by molar-refractivity contribution is 9.10. The number of allylic oxidation sites excluding steroid dienone is 1. The first kappa shape index (κ1) is 25.1. The summed E-state index contributed by atoms with van der Waals surface area (Å²) in [6, 6.07) is 18.6. The Morgan fingerprint density at radius 1 is 1.17 bits per heavy atom. The third-order valence-electron chi connectivity index (χ3n) is 5.53. The molecule has 180 valence electrons. The molecule has 1 fully saturated rings. The van der Waals surface area contributed by atoms with Gasteiger partial charge in [0.1, 0.15) is 18.2 Å². The molecule has 0 unspecified atom stereocenters. The van der Waals surface area contributed by atoms with Crippen LogP contribution in [0.3, 0.4) is 0 Å². The Labute approximate surface area is 217 Å². The van der Waals surface area contributed by atoms with Crippen molar-refractivity contribution < 1.29 is 13.9 Å². The van der Waals surface area contributed by atoms with Crippen molar-refractivity contribution in [2.45, 2.75) is 31.9 Å². The highest BCUT2D eigenvalue weighted by atomic mass is 79.9. The van der Waals surface area contributed by atoms with E-state index in [2.05, 4.69) is 52.2 Å². The van der Waals surface area contributed by atoms with Crippen LogP contribution in [0.25, 0.3) is 6.08 Å². The molecule has 1 amide bonds. The molecule has 1 heterocycles. The second-order valence-corrected chi connectivity index (χ2v) is 10.0. The van der Waals surface area contributed by atoms with Gasteiger partial charge in [0.2, 0.25) is 0 Å². The molecule has 0 bridgehead atoms. The molecule has 3 aromatic carbocycles. The van der Waals surface area contributed by atoms with E-state index in [4.69, 9.17) is 4.74 Å². The third-order valence-corrected chi connectivity index (χ3v) is 7.14. The maximum atomic E-state index is 14.0. The Balaban J connectivity index is 1.50. The van der Waals surface area contributed by atoms with Crippen molar-refractivity contribution in [3.8, 4) is 5.75 Å². The molecule has 2 N–H and O–H groups in total. The zero-order chi connectivity index (χ0) is 24.8. The molecular weight excluding hydrogens is 527 g/mol. The summed E-state index contributed by atoms with van der Waals surface area (Å²) in [5.41, 5.74) is 4.21. The lowest BCUT2D eigenvalue weighted by atomic mass is 10.1. The first-order valence-electron chi connectivity index (χ1n) is 11.3. The number of anilines is 1. The Morgan fingerprint density at radius 2 is 1.94 bits per heavy atom. The molecule has 0 radical (unpaired) electrons. The lowest BCUT2D eigenvalue weighted by Gasteiger charge is -2.14. The molecule has 7 heteroatoms. The average Bonchev–Trinajstić information content (AvgIpc) is 3.18. The Hall–Kier alpha value is -3.03. The number of aryl methyl sites for hydroxylation is 1. The number of thioether (sulfide) groups is 1. The van der Waals surface area contributed by atoms with Crippen molar-refractivity contribution in [3.63, 3.8) is 0 Å². The van der Waals surface area contributed by atoms with Crippen LogP contribution in [0.1, 0.15) is 29.2 Å². The number of hydrogen-bond donors (Lipinski definition) is 2. The maximum absolute atomic E-state index is 14.0. The van der Waals surface area contributed by atoms with Crippen LogP contribution in [-0.4, -0.2) is 11.4 Å². The van der Waals surface area contributed by atoms with E-state index in [1.165, 1.54) is 23.4 Å². The summed E-state index contributed by atoms with van der Waals surface area (Å²) in [6.07, 6.45) is 5.20. The standard InChI is InChI=1S/C28H26BrFN2O2S/c1-3-7-20-14-19(15-23(29)26(20)34-17-21-8-5-6-9-24(21)30)16-25-27(33)32-28(35-25)31-22-12-10-18(4-2)11-13-22/h3,5-6,8-16,28,31H,1,4,7,17H2,2H3,(H,32,33)/b25-16-/t28-/m1/s1. The van der Waals surface area contributed by atoms with E-state index in [0.717, 1.165) is 27.7 Å². The van der Waals surface area contributed by atoms with Gasteiger partial charge in [0.05, 0.1) is 9.38 Å². The fraction of sp³-hybridized carbons (Fsp3) is 0.179. The third kappa shape index (κ3) is 6.35. The van der Waals surface area contributed by atoms with Crippen LogP contribution in [-0.2, 0) is 24.2 Å². The van der Waals surface area contributed by atoms with Crippen molar-refractivity contribution in [2.24, 2.45) is 0 Å². The summed E-state index contributed by atoms with van der Waals surface area (Å²) in [7, 11) is 0. The quantitative estimate of drug-likeness (QED) is 0.220. The molecule has 1 aliphatic rings. The Kier molecular flexibility index (Phi) is 8.31. The average molecular weight is 553 g/mol. The topological polar surface area (TPSA) is 50.4 Å². The predicted molar refractivity (Wildman–Crippen MR) is 146 cm³/mol. The monoisotopic (exact) mass is 552 g/mol. The summed E-state index contributed by atoms with van der Waals surface area (Å²) in [6.45, 7) is 6.07. The van der Waals surface area contributed by atoms with Crippen molar-refractivity contribution in [1.82, 2.24) is 5.32 Å². The second-order valence-electron chi connectivity index (χ2n) is 8.04. The van der Waals surface area contributed by atoms with Crippen molar-refractivity contribution in [1.29, 1.82) is 0 Å². The van der Waals surface area contributed by atoms with Gasteiger partial charge in [-0.05, 0) is 81.9 Å². The number of carbonyl (C=O) groups excluding carboxylic acids is 1. The van der Waals surface area contributed by atoms with E-state index in [-0.39, 0.29) is 23.8 Å². The SMILES string of the molecule is C=CCc1cc(/C=C2\S[C@H](Nc3ccc(CC)cc3)NC2=O)cc(Br)c1OCc1ccccc1F. The number of ether oxygens (including phenoxy) is 1. The fourth-order valence-corrected chi connectivity index (χ4v) is 5.31. The molecule has 0 aliphatic carbocycles. The van der Waals surface area contributed by atoms with Gasteiger partial charge in [-0.2, -0.15) is 0 Å². The van der Waals surface area contributed by atoms with Gasteiger partial charge in [0, 0.05) is 11.3 Å². The smallest absolute Gasteiger partial charge is 0.260 e. The van der Waals surface area contributed by atoms with Crippen LogP contribution < -0.4 is 15.4 Å². The molecule has 1 aliphatic heterocycles. The van der Waals surface area contributed by atoms with Crippen LogP contribution >= 0.6 is 27.7 Å². The summed E-state index contributed by atoms with van der Waals surface area (Å²) in [5.74, 6) is 0.205. The molecule has 0 saturated carbocycles. The first-order chi connectivity index (χ1) is 17.0. The minimum atomic E-state index is -0.302. The minimum absolute atomic E-state index is 0.112. The van der Waals surface area contributed by atoms with Crippen LogP contribution in [0.15, 0.2) is 82.7 Å². The van der Waals surface area contributed by atoms with E-state index in [9.17, 15) is 9.18 Å². The van der Waals surface area contributed by atoms with Crippen LogP contribution in [0.4, 0.5) is 10.1 Å². The van der Waals surface area contributed by atoms with Crippen LogP contribution in [0.2, 0.25) is 0 Å². The normalized spacial score (nSPS) is 16.3. The lowest BCUT2D eigenvalue weighted by Crippen LogP contribution is -2.30. The number of nitrogens with one attached hydrogen (secondary N) is 2. The van der Waals surface area contributed by atoms with Gasteiger partial charge in [0.15, 0.2) is 5.50 Å². The summed E-state index contributed by atoms with van der Waals surface area (Å²) >= 11 is 5.03. The number of rotatable bonds is 9. The summed E-state index contributed by atoms with van der Waals surface area (Å²) in [5, 5.41) is 6.31. The zero-order valence-electron chi connectivity index (χ0n) is 19.3. The zero-order valence-corrected chi connectivity index (χ0v) is 21.7. The number of amides is 1. The highest BCUT2D eigenvalue weighted by Crippen LogP contribution is 2.35. The first-order valence-corrected chi connectivity index (χ1v) is 13.0. The second kappa shape index (κ2) is 11.6. The van der Waals surface area contributed by atoms with Gasteiger partial charge in [-0.15, -0.1) is 6.58 Å². The predicted octanol–water partition coefficient (Wildman–Crippen LogP) is 7.06. The van der Waals surface area contributed by atoms with E-state index >= 15 is 0 Å². The van der Waals surface area contributed by atoms with Gasteiger partial charge in [-0.1, -0.05) is 55.1 Å². The van der Waals surface area contributed by atoms with Gasteiger partial charge in [-0.25, -0.2) is 4.39 Å². The van der Waals surface area contributed by atoms with Crippen molar-refractivity contribution >= 4 is 45.4 Å². The van der Waals surface area contributed by atoms with Gasteiger partial charge < -0.3 is 15.4 Å². The number of benzene rings is 3. The lowest BCUT2D eigenvalue weighted by molar-refractivity contribution is -0.116. The van der Waals surface area contributed by atoms with Gasteiger partial charge >= 0.3 is 0 Å². The van der Waals surface area contributed by atoms with Crippen molar-refractivity contribution in [2.75, 3.05) is 5.32 Å². The molecule has 4 nitrogen and oxygen atoms in total. The molecule has 4 rings (SSSR count). The molecule has 3 aromatic rings. The molecule has 1 atom stereocenters. The van der Waals surface area contributed by atoms with Crippen LogP contribution in [0, 0.1) is 5.82 Å². The number of hydrogen-bond acceptors (Lipinski definition) is 4. The molecular formula is C28H26BrFN2O2S. The molecule has 35 heavy (non-hydrogen) atoms. The number of carbonyl (C=O) groups is 1. The van der Waals surface area contributed by atoms with E-state index in [1.807, 2.05) is 30.3 Å². The van der Waals surface area contributed by atoms with E-state index in [1.54, 1.807) is 24.3 Å². The number of halogens is 2. The van der Waals surface area contributed by atoms with Crippen LogP contribution in [0.5, 0.6) is 5.75 Å². The van der Waals surface area contributed by atoms with Gasteiger partial charge in [-0.3, -0.25) is 4.79 Å². The largest absolute Gasteiger partial charge is 0.487 e. The Bertz CT molecular complexity index is 1260. The van der Waals surface area contributed by atoms with Gasteiger partial charge in [0.25, 0.3) is 5.91 Å². The van der Waals surface area contributed by atoms with E-state index in [0.29, 0.717) is 22.6 Å². The fourth-order valence-electron chi connectivity index (χ4n) is 3.70. The Morgan fingerprint density at radius 3 is 2.66 bits per heavy atom. The molecule has 0 spiro atoms.